The van der Waals surface area contributed by atoms with Gasteiger partial charge in [-0.05, 0) is 44.3 Å². The van der Waals surface area contributed by atoms with Crippen molar-refractivity contribution in [3.05, 3.63) is 23.3 Å². The summed E-state index contributed by atoms with van der Waals surface area (Å²) in [5.74, 6) is -0.00799. The SMILES string of the molecule is CCOP(=O)(Oc1ccc(C(F)(F)F)c2c1OC(C)(C)C2)SC(C)(C)C. The van der Waals surface area contributed by atoms with Crippen molar-refractivity contribution in [3.8, 4) is 11.5 Å². The Balaban J connectivity index is 2.48. The Morgan fingerprint density at radius 3 is 2.38 bits per heavy atom. The third-order valence-corrected chi connectivity index (χ3v) is 8.01. The predicted octanol–water partition coefficient (Wildman–Crippen LogP) is 6.47. The Hall–Kier alpha value is -0.850. The Bertz CT molecular complexity index is 726. The zero-order valence-corrected chi connectivity index (χ0v) is 17.4. The molecule has 148 valence electrons. The summed E-state index contributed by atoms with van der Waals surface area (Å²) in [6.07, 6.45) is -4.42. The summed E-state index contributed by atoms with van der Waals surface area (Å²) >= 11 is 1.01. The van der Waals surface area contributed by atoms with Gasteiger partial charge in [0.1, 0.15) is 5.60 Å². The molecule has 0 aliphatic carbocycles. The van der Waals surface area contributed by atoms with Gasteiger partial charge in [0.25, 0.3) is 0 Å². The molecule has 1 unspecified atom stereocenters. The Morgan fingerprint density at radius 1 is 1.27 bits per heavy atom. The lowest BCUT2D eigenvalue weighted by Gasteiger charge is -2.26. The third kappa shape index (κ3) is 5.11. The van der Waals surface area contributed by atoms with Gasteiger partial charge in [-0.1, -0.05) is 20.8 Å². The predicted molar refractivity (Wildman–Crippen MR) is 97.1 cm³/mol. The van der Waals surface area contributed by atoms with Gasteiger partial charge in [-0.25, -0.2) is 4.57 Å². The molecule has 0 bridgehead atoms. The van der Waals surface area contributed by atoms with E-state index in [0.717, 1.165) is 23.5 Å². The number of hydrogen-bond donors (Lipinski definition) is 0. The molecule has 0 saturated heterocycles. The van der Waals surface area contributed by atoms with E-state index in [1.165, 1.54) is 0 Å². The maximum Gasteiger partial charge on any atom is 0.440 e. The molecule has 1 atom stereocenters. The van der Waals surface area contributed by atoms with Gasteiger partial charge in [0, 0.05) is 16.7 Å². The van der Waals surface area contributed by atoms with Crippen LogP contribution in [0, 0.1) is 0 Å². The lowest BCUT2D eigenvalue weighted by molar-refractivity contribution is -0.138. The molecule has 26 heavy (non-hydrogen) atoms. The maximum absolute atomic E-state index is 13.3. The summed E-state index contributed by atoms with van der Waals surface area (Å²) in [4.78, 5) is 0. The lowest BCUT2D eigenvalue weighted by Crippen LogP contribution is -2.25. The minimum Gasteiger partial charge on any atom is -0.483 e. The second-order valence-corrected chi connectivity index (χ2v) is 12.2. The van der Waals surface area contributed by atoms with Crippen molar-refractivity contribution in [3.63, 3.8) is 0 Å². The van der Waals surface area contributed by atoms with Gasteiger partial charge in [0.2, 0.25) is 0 Å². The highest BCUT2D eigenvalue weighted by molar-refractivity contribution is 8.55. The van der Waals surface area contributed by atoms with Crippen molar-refractivity contribution in [1.29, 1.82) is 0 Å². The Morgan fingerprint density at radius 2 is 1.88 bits per heavy atom. The molecule has 0 fully saturated rings. The number of rotatable bonds is 5. The van der Waals surface area contributed by atoms with Crippen LogP contribution in [0.25, 0.3) is 0 Å². The van der Waals surface area contributed by atoms with Gasteiger partial charge >= 0.3 is 13.0 Å². The van der Waals surface area contributed by atoms with Crippen LogP contribution >= 0.6 is 18.2 Å². The van der Waals surface area contributed by atoms with Crippen LogP contribution in [0.15, 0.2) is 12.1 Å². The van der Waals surface area contributed by atoms with Crippen LogP contribution in [-0.2, 0) is 21.7 Å². The standard InChI is InChI=1S/C17H24F3O4PS/c1-7-22-25(21,26-15(2,3)4)24-13-9-8-12(17(18,19)20)11-10-16(5,6)23-14(11)13/h8-9H,7,10H2,1-6H3. The molecule has 1 aliphatic heterocycles. The molecule has 2 rings (SSSR count). The first-order valence-corrected chi connectivity index (χ1v) is 11.2. The van der Waals surface area contributed by atoms with Gasteiger partial charge in [-0.3, -0.25) is 4.52 Å². The van der Waals surface area contributed by atoms with Crippen molar-refractivity contribution in [2.45, 2.75) is 64.5 Å². The smallest absolute Gasteiger partial charge is 0.440 e. The largest absolute Gasteiger partial charge is 0.483 e. The fourth-order valence-corrected chi connectivity index (χ4v) is 7.01. The molecular formula is C17H24F3O4PS. The number of halogens is 3. The Labute approximate surface area is 156 Å². The number of fused-ring (bicyclic) bond motifs is 1. The third-order valence-electron chi connectivity index (χ3n) is 3.39. The van der Waals surface area contributed by atoms with E-state index < -0.39 is 28.9 Å². The van der Waals surface area contributed by atoms with Crippen molar-refractivity contribution < 1.29 is 31.5 Å². The summed E-state index contributed by atoms with van der Waals surface area (Å²) < 4.78 is 69.3. The monoisotopic (exact) mass is 412 g/mol. The second-order valence-electron chi connectivity index (χ2n) is 7.62. The van der Waals surface area contributed by atoms with E-state index in [4.69, 9.17) is 13.8 Å². The summed E-state index contributed by atoms with van der Waals surface area (Å²) in [5, 5.41) is 0. The molecule has 1 aliphatic rings. The average molecular weight is 412 g/mol. The van der Waals surface area contributed by atoms with Crippen LogP contribution in [0.1, 0.15) is 52.7 Å². The molecule has 0 radical (unpaired) electrons. The topological polar surface area (TPSA) is 44.8 Å². The minimum atomic E-state index is -4.50. The number of ether oxygens (including phenoxy) is 1. The minimum absolute atomic E-state index is 0.00658. The Kier molecular flexibility index (Phi) is 5.73. The van der Waals surface area contributed by atoms with E-state index in [-0.39, 0.29) is 30.1 Å². The molecule has 0 aromatic heterocycles. The highest BCUT2D eigenvalue weighted by Crippen LogP contribution is 2.66. The molecule has 1 aromatic rings. The normalized spacial score (nSPS) is 18.8. The molecule has 4 nitrogen and oxygen atoms in total. The van der Waals surface area contributed by atoms with Gasteiger partial charge in [0.15, 0.2) is 11.5 Å². The lowest BCUT2D eigenvalue weighted by atomic mass is 9.97. The van der Waals surface area contributed by atoms with E-state index >= 15 is 0 Å². The fraction of sp³-hybridized carbons (Fsp3) is 0.647. The number of hydrogen-bond acceptors (Lipinski definition) is 5. The number of alkyl halides is 3. The van der Waals surface area contributed by atoms with Crippen molar-refractivity contribution in [2.24, 2.45) is 0 Å². The van der Waals surface area contributed by atoms with E-state index in [9.17, 15) is 17.7 Å². The van der Waals surface area contributed by atoms with Gasteiger partial charge in [0.05, 0.1) is 12.2 Å². The highest BCUT2D eigenvalue weighted by atomic mass is 32.7. The van der Waals surface area contributed by atoms with Crippen LogP contribution in [0.4, 0.5) is 13.2 Å². The molecule has 1 aromatic carbocycles. The summed E-state index contributed by atoms with van der Waals surface area (Å²) in [5.41, 5.74) is -1.56. The molecule has 9 heteroatoms. The first-order chi connectivity index (χ1) is 11.7. The van der Waals surface area contributed by atoms with Crippen LogP contribution < -0.4 is 9.26 Å². The molecule has 0 amide bonds. The molecule has 1 heterocycles. The average Bonchev–Trinajstić information content (AvgIpc) is 2.70. The van der Waals surface area contributed by atoms with Crippen LogP contribution in [0.5, 0.6) is 11.5 Å². The van der Waals surface area contributed by atoms with Crippen LogP contribution in [0.2, 0.25) is 0 Å². The molecule has 0 N–H and O–H groups in total. The van der Waals surface area contributed by atoms with Crippen molar-refractivity contribution in [2.75, 3.05) is 6.61 Å². The van der Waals surface area contributed by atoms with E-state index in [0.29, 0.717) is 0 Å². The summed E-state index contributed by atoms with van der Waals surface area (Å²) in [6.45, 7) is 7.13. The summed E-state index contributed by atoms with van der Waals surface area (Å²) in [6, 6.07) is 2.09. The van der Waals surface area contributed by atoms with E-state index in [1.54, 1.807) is 20.8 Å². The zero-order valence-electron chi connectivity index (χ0n) is 15.7. The summed E-state index contributed by atoms with van der Waals surface area (Å²) in [7, 11) is 0. The fourth-order valence-electron chi connectivity index (χ4n) is 2.65. The first-order valence-electron chi connectivity index (χ1n) is 8.23. The second kappa shape index (κ2) is 6.95. The van der Waals surface area contributed by atoms with Crippen LogP contribution in [-0.4, -0.2) is 17.0 Å². The molecule has 0 spiro atoms. The maximum atomic E-state index is 13.3. The van der Waals surface area contributed by atoms with Gasteiger partial charge < -0.3 is 9.26 Å². The zero-order chi connectivity index (χ0) is 20.0. The van der Waals surface area contributed by atoms with Gasteiger partial charge in [-0.2, -0.15) is 13.2 Å². The van der Waals surface area contributed by atoms with Crippen molar-refractivity contribution in [1.82, 2.24) is 0 Å². The molecular weight excluding hydrogens is 388 g/mol. The number of benzene rings is 1. The quantitative estimate of drug-likeness (QED) is 0.519. The van der Waals surface area contributed by atoms with Crippen LogP contribution in [0.3, 0.4) is 0 Å². The van der Waals surface area contributed by atoms with E-state index in [2.05, 4.69) is 0 Å². The first kappa shape index (κ1) is 21.5. The van der Waals surface area contributed by atoms with Crippen molar-refractivity contribution >= 4 is 18.2 Å². The highest BCUT2D eigenvalue weighted by Gasteiger charge is 2.43. The van der Waals surface area contributed by atoms with E-state index in [1.807, 2.05) is 20.8 Å². The van der Waals surface area contributed by atoms with Gasteiger partial charge in [-0.15, -0.1) is 0 Å². The molecule has 0 saturated carbocycles.